The summed E-state index contributed by atoms with van der Waals surface area (Å²) in [6.07, 6.45) is 1.50. The molecule has 0 amide bonds. The molecule has 0 atom stereocenters. The molecule has 0 saturated carbocycles. The van der Waals surface area contributed by atoms with E-state index >= 15 is 0 Å². The van der Waals surface area contributed by atoms with Gasteiger partial charge in [0.05, 0.1) is 23.4 Å². The first-order valence-electron chi connectivity index (χ1n) is 9.16. The molecule has 1 aromatic heterocycles. The summed E-state index contributed by atoms with van der Waals surface area (Å²) in [6.45, 7) is 1.98. The highest BCUT2D eigenvalue weighted by atomic mass is 16.5. The van der Waals surface area contributed by atoms with E-state index < -0.39 is 11.9 Å². The molecule has 0 bridgehead atoms. The Kier molecular flexibility index (Phi) is 4.83. The summed E-state index contributed by atoms with van der Waals surface area (Å²) < 4.78 is 5.19. The van der Waals surface area contributed by atoms with Gasteiger partial charge in [0.1, 0.15) is 5.56 Å². The molecule has 0 spiro atoms. The Bertz CT molecular complexity index is 1250. The summed E-state index contributed by atoms with van der Waals surface area (Å²) in [6, 6.07) is 18.2. The number of ether oxygens (including phenoxy) is 1. The van der Waals surface area contributed by atoms with E-state index in [9.17, 15) is 14.7 Å². The highest BCUT2D eigenvalue weighted by Gasteiger charge is 2.18. The Balaban J connectivity index is 1.93. The van der Waals surface area contributed by atoms with Gasteiger partial charge >= 0.3 is 11.9 Å². The van der Waals surface area contributed by atoms with Crippen LogP contribution in [0.3, 0.4) is 0 Å². The number of aromatic nitrogens is 1. The Morgan fingerprint density at radius 3 is 2.66 bits per heavy atom. The minimum atomic E-state index is -1.02. The van der Waals surface area contributed by atoms with Crippen molar-refractivity contribution in [3.63, 3.8) is 0 Å². The van der Waals surface area contributed by atoms with Gasteiger partial charge in [-0.1, -0.05) is 42.5 Å². The number of pyridine rings is 1. The molecule has 0 fully saturated rings. The summed E-state index contributed by atoms with van der Waals surface area (Å²) in [5.74, 6) is -1.52. The summed E-state index contributed by atoms with van der Waals surface area (Å²) in [5.41, 5.74) is 2.26. The molecule has 4 rings (SSSR count). The molecule has 6 nitrogen and oxygen atoms in total. The number of carboxylic acid groups (broad SMARTS) is 1. The van der Waals surface area contributed by atoms with Gasteiger partial charge in [-0.15, -0.1) is 0 Å². The fourth-order valence-corrected chi connectivity index (χ4v) is 3.31. The molecular weight excluding hydrogens is 368 g/mol. The van der Waals surface area contributed by atoms with Crippen LogP contribution in [0.4, 0.5) is 11.4 Å². The average Bonchev–Trinajstić information content (AvgIpc) is 2.74. The lowest BCUT2D eigenvalue weighted by Gasteiger charge is -2.15. The second kappa shape index (κ2) is 7.59. The number of carbonyl (C=O) groups excluding carboxylic acids is 1. The molecule has 1 heterocycles. The summed E-state index contributed by atoms with van der Waals surface area (Å²) >= 11 is 0. The van der Waals surface area contributed by atoms with Crippen LogP contribution in [-0.2, 0) is 4.74 Å². The van der Waals surface area contributed by atoms with E-state index in [-0.39, 0.29) is 17.7 Å². The summed E-state index contributed by atoms with van der Waals surface area (Å²) in [5, 5.41) is 15.2. The minimum absolute atomic E-state index is 0.150. The number of hydrogen-bond acceptors (Lipinski definition) is 5. The van der Waals surface area contributed by atoms with Crippen molar-refractivity contribution in [1.29, 1.82) is 0 Å². The van der Waals surface area contributed by atoms with Crippen LogP contribution in [0.25, 0.3) is 21.7 Å². The third-order valence-corrected chi connectivity index (χ3v) is 4.64. The molecule has 2 N–H and O–H groups in total. The van der Waals surface area contributed by atoms with E-state index in [1.807, 2.05) is 36.4 Å². The minimum Gasteiger partial charge on any atom is -0.478 e. The second-order valence-corrected chi connectivity index (χ2v) is 6.46. The first kappa shape index (κ1) is 18.4. The van der Waals surface area contributed by atoms with E-state index in [0.717, 1.165) is 21.7 Å². The molecule has 4 aromatic rings. The van der Waals surface area contributed by atoms with E-state index in [1.54, 1.807) is 19.1 Å². The molecule has 0 unspecified atom stereocenters. The van der Waals surface area contributed by atoms with Crippen LogP contribution in [0.15, 0.2) is 66.9 Å². The van der Waals surface area contributed by atoms with E-state index in [2.05, 4.69) is 10.3 Å². The number of nitrogens with zero attached hydrogens (tertiary/aromatic N) is 1. The van der Waals surface area contributed by atoms with Crippen molar-refractivity contribution in [3.05, 3.63) is 78.0 Å². The average molecular weight is 386 g/mol. The topological polar surface area (TPSA) is 88.5 Å². The normalized spacial score (nSPS) is 10.8. The summed E-state index contributed by atoms with van der Waals surface area (Å²) in [4.78, 5) is 28.4. The molecule has 3 aromatic carbocycles. The number of aromatic carboxylic acids is 1. The Morgan fingerprint density at radius 2 is 1.86 bits per heavy atom. The third-order valence-electron chi connectivity index (χ3n) is 4.64. The van der Waals surface area contributed by atoms with Gasteiger partial charge in [-0.3, -0.25) is 4.98 Å². The SMILES string of the molecule is CCOC(=O)c1cnc2c(ccc3ccccc32)c1Nc1cccc(C(=O)O)c1. The lowest BCUT2D eigenvalue weighted by molar-refractivity contribution is 0.0526. The quantitative estimate of drug-likeness (QED) is 0.370. The lowest BCUT2D eigenvalue weighted by Crippen LogP contribution is -2.09. The number of hydrogen-bond donors (Lipinski definition) is 2. The van der Waals surface area contributed by atoms with Gasteiger partial charge in [-0.2, -0.15) is 0 Å². The Morgan fingerprint density at radius 1 is 1.03 bits per heavy atom. The fourth-order valence-electron chi connectivity index (χ4n) is 3.31. The van der Waals surface area contributed by atoms with Crippen LogP contribution >= 0.6 is 0 Å². The van der Waals surface area contributed by atoms with Crippen LogP contribution < -0.4 is 5.32 Å². The first-order chi connectivity index (χ1) is 14.1. The van der Waals surface area contributed by atoms with E-state index in [4.69, 9.17) is 4.74 Å². The zero-order valence-electron chi connectivity index (χ0n) is 15.7. The Labute approximate surface area is 166 Å². The van der Waals surface area contributed by atoms with Crippen molar-refractivity contribution in [2.75, 3.05) is 11.9 Å². The standard InChI is InChI=1S/C23H18N2O4/c1-2-29-23(28)19-13-24-20-17-9-4-3-6-14(17)10-11-18(20)21(19)25-16-8-5-7-15(12-16)22(26)27/h3-13H,2H2,1H3,(H,24,25)(H,26,27). The number of nitrogens with one attached hydrogen (secondary N) is 1. The number of carboxylic acids is 1. The molecule has 0 radical (unpaired) electrons. The van der Waals surface area contributed by atoms with Gasteiger partial charge in [0.25, 0.3) is 0 Å². The van der Waals surface area contributed by atoms with Crippen molar-refractivity contribution in [3.8, 4) is 0 Å². The number of anilines is 2. The lowest BCUT2D eigenvalue weighted by atomic mass is 10.0. The third kappa shape index (κ3) is 3.48. The zero-order chi connectivity index (χ0) is 20.4. The van der Waals surface area contributed by atoms with Gasteiger partial charge in [0, 0.05) is 22.7 Å². The van der Waals surface area contributed by atoms with Gasteiger partial charge < -0.3 is 15.2 Å². The number of fused-ring (bicyclic) bond motifs is 3. The van der Waals surface area contributed by atoms with Crippen LogP contribution in [0.5, 0.6) is 0 Å². The van der Waals surface area contributed by atoms with Gasteiger partial charge in [-0.25, -0.2) is 9.59 Å². The number of esters is 1. The van der Waals surface area contributed by atoms with Crippen LogP contribution in [-0.4, -0.2) is 28.6 Å². The number of carbonyl (C=O) groups is 2. The molecule has 0 saturated heterocycles. The summed E-state index contributed by atoms with van der Waals surface area (Å²) in [7, 11) is 0. The number of benzene rings is 3. The molecule has 0 aliphatic heterocycles. The van der Waals surface area contributed by atoms with Crippen molar-refractivity contribution in [1.82, 2.24) is 4.98 Å². The first-order valence-corrected chi connectivity index (χ1v) is 9.16. The number of rotatable bonds is 5. The van der Waals surface area contributed by atoms with Crippen molar-refractivity contribution in [2.24, 2.45) is 0 Å². The van der Waals surface area contributed by atoms with Gasteiger partial charge in [-0.05, 0) is 30.5 Å². The van der Waals surface area contributed by atoms with Gasteiger partial charge in [0.2, 0.25) is 0 Å². The molecular formula is C23H18N2O4. The predicted octanol–water partition coefficient (Wildman–Crippen LogP) is 5.01. The largest absolute Gasteiger partial charge is 0.478 e. The molecule has 29 heavy (non-hydrogen) atoms. The van der Waals surface area contributed by atoms with E-state index in [1.165, 1.54) is 18.3 Å². The second-order valence-electron chi connectivity index (χ2n) is 6.46. The predicted molar refractivity (Wildman–Crippen MR) is 112 cm³/mol. The van der Waals surface area contributed by atoms with E-state index in [0.29, 0.717) is 11.4 Å². The van der Waals surface area contributed by atoms with Crippen LogP contribution in [0, 0.1) is 0 Å². The maximum atomic E-state index is 12.5. The highest BCUT2D eigenvalue weighted by Crippen LogP contribution is 2.33. The molecule has 6 heteroatoms. The maximum Gasteiger partial charge on any atom is 0.341 e. The van der Waals surface area contributed by atoms with Crippen LogP contribution in [0.2, 0.25) is 0 Å². The van der Waals surface area contributed by atoms with Crippen LogP contribution in [0.1, 0.15) is 27.6 Å². The highest BCUT2D eigenvalue weighted by molar-refractivity contribution is 6.13. The molecule has 144 valence electrons. The van der Waals surface area contributed by atoms with Crippen molar-refractivity contribution >= 4 is 45.0 Å². The smallest absolute Gasteiger partial charge is 0.341 e. The van der Waals surface area contributed by atoms with Gasteiger partial charge in [0.15, 0.2) is 0 Å². The Hall–Kier alpha value is -3.93. The zero-order valence-corrected chi connectivity index (χ0v) is 15.7. The fraction of sp³-hybridized carbons (Fsp3) is 0.0870. The monoisotopic (exact) mass is 386 g/mol. The van der Waals surface area contributed by atoms with Crippen molar-refractivity contribution in [2.45, 2.75) is 6.92 Å². The molecule has 0 aliphatic carbocycles. The maximum absolute atomic E-state index is 12.5. The molecule has 0 aliphatic rings. The van der Waals surface area contributed by atoms with Crippen molar-refractivity contribution < 1.29 is 19.4 Å².